The maximum atomic E-state index is 2.42. The highest BCUT2D eigenvalue weighted by molar-refractivity contribution is 7.36. The Morgan fingerprint density at radius 1 is 0.720 bits per heavy atom. The van der Waals surface area contributed by atoms with Gasteiger partial charge in [-0.2, -0.15) is 0 Å². The van der Waals surface area contributed by atoms with E-state index in [4.69, 9.17) is 0 Å². The Bertz CT molecular complexity index is 1080. The van der Waals surface area contributed by atoms with Crippen molar-refractivity contribution in [3.63, 3.8) is 0 Å². The van der Waals surface area contributed by atoms with Gasteiger partial charge in [-0.1, -0.05) is 65.8 Å². The quantitative estimate of drug-likeness (QED) is 0.335. The Labute approximate surface area is 158 Å². The van der Waals surface area contributed by atoms with E-state index in [1.54, 1.807) is 0 Å². The first-order chi connectivity index (χ1) is 11.7. The van der Waals surface area contributed by atoms with E-state index in [1.807, 2.05) is 22.7 Å². The summed E-state index contributed by atoms with van der Waals surface area (Å²) < 4.78 is 5.78. The Morgan fingerprint density at radius 3 is 1.68 bits per heavy atom. The van der Waals surface area contributed by atoms with E-state index in [1.165, 1.54) is 40.7 Å². The number of hydrogen-bond acceptors (Lipinski definition) is 2. The minimum Gasteiger partial charge on any atom is -0.134 e. The predicted octanol–water partition coefficient (Wildman–Crippen LogP) is 8.25. The SMILES string of the molecule is CCC(C)(C)c1ccc2c(c1)sc1c3ccc(C(C)(C)C)cc3sc21. The summed E-state index contributed by atoms with van der Waals surface area (Å²) in [6, 6.07) is 14.1. The van der Waals surface area contributed by atoms with Gasteiger partial charge in [0.05, 0.1) is 9.40 Å². The van der Waals surface area contributed by atoms with Crippen molar-refractivity contribution in [1.29, 1.82) is 0 Å². The van der Waals surface area contributed by atoms with Crippen LogP contribution in [0.2, 0.25) is 0 Å². The number of thiophene rings is 2. The van der Waals surface area contributed by atoms with E-state index < -0.39 is 0 Å². The van der Waals surface area contributed by atoms with Crippen molar-refractivity contribution in [2.75, 3.05) is 0 Å². The van der Waals surface area contributed by atoms with E-state index in [0.29, 0.717) is 0 Å². The Kier molecular flexibility index (Phi) is 3.79. The van der Waals surface area contributed by atoms with Gasteiger partial charge in [-0.05, 0) is 40.5 Å². The first-order valence-corrected chi connectivity index (χ1v) is 10.7. The molecule has 0 bridgehead atoms. The molecule has 2 heterocycles. The van der Waals surface area contributed by atoms with Crippen molar-refractivity contribution in [3.05, 3.63) is 47.5 Å². The van der Waals surface area contributed by atoms with Crippen molar-refractivity contribution in [3.8, 4) is 0 Å². The third-order valence-electron chi connectivity index (χ3n) is 5.61. The van der Waals surface area contributed by atoms with E-state index in [9.17, 15) is 0 Å². The van der Waals surface area contributed by atoms with Crippen molar-refractivity contribution >= 4 is 52.2 Å². The van der Waals surface area contributed by atoms with Crippen molar-refractivity contribution in [2.24, 2.45) is 0 Å². The van der Waals surface area contributed by atoms with Crippen LogP contribution in [0.4, 0.5) is 0 Å². The number of hydrogen-bond donors (Lipinski definition) is 0. The van der Waals surface area contributed by atoms with Gasteiger partial charge < -0.3 is 0 Å². The van der Waals surface area contributed by atoms with Gasteiger partial charge in [-0.3, -0.25) is 0 Å². The average molecular weight is 367 g/mol. The Balaban J connectivity index is 1.94. The van der Waals surface area contributed by atoms with Crippen LogP contribution in [0, 0.1) is 0 Å². The smallest absolute Gasteiger partial charge is 0.0542 e. The van der Waals surface area contributed by atoms with Crippen LogP contribution in [0.25, 0.3) is 29.6 Å². The fourth-order valence-corrected chi connectivity index (χ4v) is 6.08. The molecule has 0 N–H and O–H groups in total. The molecule has 0 saturated heterocycles. The molecule has 4 rings (SSSR count). The van der Waals surface area contributed by atoms with E-state index in [0.717, 1.165) is 6.42 Å². The summed E-state index contributed by atoms with van der Waals surface area (Å²) >= 11 is 3.92. The molecule has 2 aromatic carbocycles. The number of rotatable bonds is 2. The first kappa shape index (κ1) is 17.1. The fraction of sp³-hybridized carbons (Fsp3) is 0.391. The molecular weight excluding hydrogens is 340 g/mol. The van der Waals surface area contributed by atoms with Gasteiger partial charge in [-0.25, -0.2) is 0 Å². The van der Waals surface area contributed by atoms with Gasteiger partial charge in [0.15, 0.2) is 0 Å². The first-order valence-electron chi connectivity index (χ1n) is 9.10. The summed E-state index contributed by atoms with van der Waals surface area (Å²) in [5.41, 5.74) is 3.32. The molecule has 0 aliphatic heterocycles. The lowest BCUT2D eigenvalue weighted by Crippen LogP contribution is -2.14. The zero-order valence-electron chi connectivity index (χ0n) is 16.0. The molecule has 4 aromatic rings. The van der Waals surface area contributed by atoms with Crippen LogP contribution < -0.4 is 0 Å². The van der Waals surface area contributed by atoms with Crippen LogP contribution in [-0.4, -0.2) is 0 Å². The van der Waals surface area contributed by atoms with Gasteiger partial charge in [-0.15, -0.1) is 22.7 Å². The van der Waals surface area contributed by atoms with Crippen molar-refractivity contribution < 1.29 is 0 Å². The summed E-state index contributed by atoms with van der Waals surface area (Å²) in [5.74, 6) is 0. The van der Waals surface area contributed by atoms with Crippen molar-refractivity contribution in [1.82, 2.24) is 0 Å². The molecule has 0 atom stereocenters. The molecule has 0 saturated carbocycles. The molecule has 2 aromatic heterocycles. The zero-order valence-corrected chi connectivity index (χ0v) is 17.6. The maximum Gasteiger partial charge on any atom is 0.0542 e. The van der Waals surface area contributed by atoms with Crippen LogP contribution in [0.1, 0.15) is 59.1 Å². The third-order valence-corrected chi connectivity index (χ3v) is 8.12. The Hall–Kier alpha value is -1.38. The molecule has 0 unspecified atom stereocenters. The molecule has 0 amide bonds. The lowest BCUT2D eigenvalue weighted by Gasteiger charge is -2.23. The molecular formula is C23H26S2. The maximum absolute atomic E-state index is 2.42. The zero-order chi connectivity index (χ0) is 18.0. The minimum atomic E-state index is 0.203. The van der Waals surface area contributed by atoms with Crippen LogP contribution in [-0.2, 0) is 10.8 Å². The van der Waals surface area contributed by atoms with Gasteiger partial charge in [0, 0.05) is 20.2 Å². The van der Waals surface area contributed by atoms with Crippen LogP contribution >= 0.6 is 22.7 Å². The monoisotopic (exact) mass is 366 g/mol. The van der Waals surface area contributed by atoms with Gasteiger partial charge in [0.2, 0.25) is 0 Å². The minimum absolute atomic E-state index is 0.203. The predicted molar refractivity (Wildman–Crippen MR) is 117 cm³/mol. The number of fused-ring (bicyclic) bond motifs is 5. The normalized spacial score (nSPS) is 13.4. The second kappa shape index (κ2) is 5.56. The molecule has 0 radical (unpaired) electrons. The second-order valence-corrected chi connectivity index (χ2v) is 10.9. The molecule has 130 valence electrons. The second-order valence-electron chi connectivity index (χ2n) is 8.77. The van der Waals surface area contributed by atoms with Crippen molar-refractivity contribution in [2.45, 2.75) is 58.8 Å². The molecule has 0 aliphatic carbocycles. The topological polar surface area (TPSA) is 0 Å². The van der Waals surface area contributed by atoms with E-state index in [2.05, 4.69) is 77.9 Å². The molecule has 0 fully saturated rings. The highest BCUT2D eigenvalue weighted by Crippen LogP contribution is 2.46. The summed E-state index contributed by atoms with van der Waals surface area (Å²) in [6.07, 6.45) is 1.16. The fourth-order valence-electron chi connectivity index (χ4n) is 3.35. The molecule has 2 heteroatoms. The average Bonchev–Trinajstić information content (AvgIpc) is 3.08. The molecule has 0 nitrogen and oxygen atoms in total. The van der Waals surface area contributed by atoms with Crippen LogP contribution in [0.3, 0.4) is 0 Å². The lowest BCUT2D eigenvalue weighted by molar-refractivity contribution is 0.507. The highest BCUT2D eigenvalue weighted by atomic mass is 32.1. The molecule has 0 aliphatic rings. The standard InChI is InChI=1S/C23H26S2/c1-7-23(5,6)15-9-11-17-19(13-15)25-20-16-10-8-14(22(2,3)4)12-18(16)24-21(17)20/h8-13H,7H2,1-6H3. The molecule has 25 heavy (non-hydrogen) atoms. The largest absolute Gasteiger partial charge is 0.134 e. The van der Waals surface area contributed by atoms with Crippen LogP contribution in [0.15, 0.2) is 36.4 Å². The van der Waals surface area contributed by atoms with Gasteiger partial charge >= 0.3 is 0 Å². The third kappa shape index (κ3) is 2.71. The van der Waals surface area contributed by atoms with E-state index >= 15 is 0 Å². The summed E-state index contributed by atoms with van der Waals surface area (Å²) in [7, 11) is 0. The summed E-state index contributed by atoms with van der Waals surface area (Å²) in [6.45, 7) is 13.8. The lowest BCUT2D eigenvalue weighted by atomic mass is 9.82. The summed E-state index contributed by atoms with van der Waals surface area (Å²) in [4.78, 5) is 0. The van der Waals surface area contributed by atoms with E-state index in [-0.39, 0.29) is 10.8 Å². The highest BCUT2D eigenvalue weighted by Gasteiger charge is 2.21. The number of benzene rings is 2. The Morgan fingerprint density at radius 2 is 1.20 bits per heavy atom. The molecule has 0 spiro atoms. The summed E-state index contributed by atoms with van der Waals surface area (Å²) in [5, 5.41) is 2.85. The van der Waals surface area contributed by atoms with Gasteiger partial charge in [0.25, 0.3) is 0 Å². The van der Waals surface area contributed by atoms with Gasteiger partial charge in [0.1, 0.15) is 0 Å². The van der Waals surface area contributed by atoms with Crippen LogP contribution in [0.5, 0.6) is 0 Å².